The van der Waals surface area contributed by atoms with Gasteiger partial charge in [0, 0.05) is 17.5 Å². The van der Waals surface area contributed by atoms with E-state index in [0.717, 1.165) is 22.3 Å². The highest BCUT2D eigenvalue weighted by molar-refractivity contribution is 6.32. The van der Waals surface area contributed by atoms with Crippen molar-refractivity contribution in [2.45, 2.75) is 6.92 Å². The first-order valence-corrected chi connectivity index (χ1v) is 4.64. The number of halogens is 1. The number of rotatable bonds is 1. The van der Waals surface area contributed by atoms with E-state index in [1.807, 2.05) is 19.1 Å². The number of fused-ring (bicyclic) bond motifs is 1. The van der Waals surface area contributed by atoms with Gasteiger partial charge in [0.25, 0.3) is 0 Å². The lowest BCUT2D eigenvalue weighted by molar-refractivity contribution is 1.23. The van der Waals surface area contributed by atoms with Crippen molar-refractivity contribution in [3.8, 4) is 0 Å². The van der Waals surface area contributed by atoms with Crippen LogP contribution in [0.15, 0.2) is 24.9 Å². The summed E-state index contributed by atoms with van der Waals surface area (Å²) in [5, 5.41) is 0.589. The van der Waals surface area contributed by atoms with Crippen LogP contribution in [-0.4, -0.2) is 9.97 Å². The van der Waals surface area contributed by atoms with E-state index < -0.39 is 0 Å². The average molecular weight is 205 g/mol. The van der Waals surface area contributed by atoms with Crippen molar-refractivity contribution >= 4 is 28.7 Å². The van der Waals surface area contributed by atoms with E-state index in [1.165, 1.54) is 0 Å². The van der Waals surface area contributed by atoms with Gasteiger partial charge >= 0.3 is 0 Å². The quantitative estimate of drug-likeness (QED) is 0.713. The van der Waals surface area contributed by atoms with E-state index in [2.05, 4.69) is 16.5 Å². The molecule has 3 heteroatoms. The van der Waals surface area contributed by atoms with Crippen LogP contribution in [0.1, 0.15) is 11.3 Å². The summed E-state index contributed by atoms with van der Waals surface area (Å²) in [6.07, 6.45) is 3.33. The highest BCUT2D eigenvalue weighted by Crippen LogP contribution is 2.23. The number of nitrogens with zero attached hydrogens (tertiary/aromatic N) is 2. The monoisotopic (exact) mass is 204 g/mol. The molecule has 0 saturated heterocycles. The van der Waals surface area contributed by atoms with Gasteiger partial charge in [-0.3, -0.25) is 9.97 Å². The fourth-order valence-electron chi connectivity index (χ4n) is 1.35. The Morgan fingerprint density at radius 2 is 2.21 bits per heavy atom. The molecule has 2 aromatic heterocycles. The number of aryl methyl sites for hydroxylation is 1. The molecule has 0 bridgehead atoms. The molecule has 0 N–H and O–H groups in total. The van der Waals surface area contributed by atoms with E-state index in [9.17, 15) is 0 Å². The predicted octanol–water partition coefficient (Wildman–Crippen LogP) is 3.23. The molecule has 0 radical (unpaired) electrons. The van der Waals surface area contributed by atoms with Crippen LogP contribution < -0.4 is 0 Å². The minimum Gasteiger partial charge on any atom is -0.253 e. The predicted molar refractivity (Wildman–Crippen MR) is 59.4 cm³/mol. The van der Waals surface area contributed by atoms with E-state index in [1.54, 1.807) is 12.3 Å². The van der Waals surface area contributed by atoms with E-state index >= 15 is 0 Å². The SMILES string of the molecule is C=Cc1c(Cl)cnc2ccc(C)nc12. The van der Waals surface area contributed by atoms with Crippen molar-refractivity contribution in [1.29, 1.82) is 0 Å². The van der Waals surface area contributed by atoms with Gasteiger partial charge in [-0.25, -0.2) is 0 Å². The van der Waals surface area contributed by atoms with Gasteiger partial charge in [0.1, 0.15) is 0 Å². The van der Waals surface area contributed by atoms with Gasteiger partial charge in [0.15, 0.2) is 0 Å². The van der Waals surface area contributed by atoms with Gasteiger partial charge < -0.3 is 0 Å². The highest BCUT2D eigenvalue weighted by Gasteiger charge is 2.05. The Hall–Kier alpha value is -1.41. The van der Waals surface area contributed by atoms with Crippen molar-refractivity contribution in [2.75, 3.05) is 0 Å². The molecular weight excluding hydrogens is 196 g/mol. The van der Waals surface area contributed by atoms with Crippen LogP contribution in [0.5, 0.6) is 0 Å². The topological polar surface area (TPSA) is 25.8 Å². The van der Waals surface area contributed by atoms with E-state index in [0.29, 0.717) is 5.02 Å². The second-order valence-corrected chi connectivity index (χ2v) is 3.45. The largest absolute Gasteiger partial charge is 0.253 e. The molecule has 2 heterocycles. The van der Waals surface area contributed by atoms with Crippen molar-refractivity contribution in [3.63, 3.8) is 0 Å². The van der Waals surface area contributed by atoms with E-state index in [4.69, 9.17) is 11.6 Å². The third-order valence-corrected chi connectivity index (χ3v) is 2.35. The Bertz CT molecular complexity index is 501. The molecule has 0 aliphatic rings. The van der Waals surface area contributed by atoms with E-state index in [-0.39, 0.29) is 0 Å². The maximum absolute atomic E-state index is 5.98. The molecule has 0 aliphatic heterocycles. The molecular formula is C11H9ClN2. The average Bonchev–Trinajstić information content (AvgIpc) is 2.17. The zero-order valence-corrected chi connectivity index (χ0v) is 8.54. The second-order valence-electron chi connectivity index (χ2n) is 3.04. The number of hydrogen-bond donors (Lipinski definition) is 0. The molecule has 0 aromatic carbocycles. The molecule has 0 amide bonds. The summed E-state index contributed by atoms with van der Waals surface area (Å²) in [5.41, 5.74) is 3.45. The van der Waals surface area contributed by atoms with Crippen molar-refractivity contribution < 1.29 is 0 Å². The lowest BCUT2D eigenvalue weighted by Crippen LogP contribution is -1.89. The van der Waals surface area contributed by atoms with Gasteiger partial charge in [-0.1, -0.05) is 24.3 Å². The van der Waals surface area contributed by atoms with Crippen molar-refractivity contribution in [2.24, 2.45) is 0 Å². The third-order valence-electron chi connectivity index (χ3n) is 2.05. The molecule has 0 spiro atoms. The first-order valence-electron chi connectivity index (χ1n) is 4.26. The number of aromatic nitrogens is 2. The molecule has 2 nitrogen and oxygen atoms in total. The zero-order valence-electron chi connectivity index (χ0n) is 7.79. The fourth-order valence-corrected chi connectivity index (χ4v) is 1.57. The molecule has 2 rings (SSSR count). The fraction of sp³-hybridized carbons (Fsp3) is 0.0909. The maximum atomic E-state index is 5.98. The Balaban J connectivity index is 2.91. The number of pyridine rings is 2. The number of hydrogen-bond acceptors (Lipinski definition) is 2. The van der Waals surface area contributed by atoms with Gasteiger partial charge in [0.05, 0.1) is 16.1 Å². The molecule has 70 valence electrons. The zero-order chi connectivity index (χ0) is 10.1. The van der Waals surface area contributed by atoms with Gasteiger partial charge in [-0.05, 0) is 19.1 Å². The molecule has 0 unspecified atom stereocenters. The summed E-state index contributed by atoms with van der Waals surface area (Å²) in [5.74, 6) is 0. The van der Waals surface area contributed by atoms with Crippen molar-refractivity contribution in [3.05, 3.63) is 41.2 Å². The minimum atomic E-state index is 0.589. The lowest BCUT2D eigenvalue weighted by atomic mass is 10.2. The standard InChI is InChI=1S/C11H9ClN2/c1-3-8-9(12)6-13-10-5-4-7(2)14-11(8)10/h3-6H,1H2,2H3. The first kappa shape index (κ1) is 9.16. The summed E-state index contributed by atoms with van der Waals surface area (Å²) in [6.45, 7) is 5.66. The van der Waals surface area contributed by atoms with Gasteiger partial charge in [-0.15, -0.1) is 0 Å². The molecule has 0 aliphatic carbocycles. The maximum Gasteiger partial charge on any atom is 0.0976 e. The van der Waals surface area contributed by atoms with Crippen LogP contribution in [0, 0.1) is 6.92 Å². The third kappa shape index (κ3) is 1.38. The first-order chi connectivity index (χ1) is 6.72. The van der Waals surface area contributed by atoms with Crippen LogP contribution in [0.25, 0.3) is 17.1 Å². The van der Waals surface area contributed by atoms with Crippen LogP contribution in [0.4, 0.5) is 0 Å². The van der Waals surface area contributed by atoms with Crippen LogP contribution in [-0.2, 0) is 0 Å². The summed E-state index contributed by atoms with van der Waals surface area (Å²) >= 11 is 5.98. The Kier molecular flexibility index (Phi) is 2.22. The smallest absolute Gasteiger partial charge is 0.0976 e. The second kappa shape index (κ2) is 3.39. The van der Waals surface area contributed by atoms with Crippen LogP contribution in [0.2, 0.25) is 5.02 Å². The normalized spacial score (nSPS) is 10.4. The van der Waals surface area contributed by atoms with Crippen LogP contribution in [0.3, 0.4) is 0 Å². The van der Waals surface area contributed by atoms with Crippen LogP contribution >= 0.6 is 11.6 Å². The Morgan fingerprint density at radius 1 is 1.43 bits per heavy atom. The molecule has 14 heavy (non-hydrogen) atoms. The Morgan fingerprint density at radius 3 is 2.93 bits per heavy atom. The Labute approximate surface area is 87.3 Å². The van der Waals surface area contributed by atoms with Crippen molar-refractivity contribution in [1.82, 2.24) is 9.97 Å². The molecule has 0 fully saturated rings. The van der Waals surface area contributed by atoms with Gasteiger partial charge in [-0.2, -0.15) is 0 Å². The molecule has 0 saturated carbocycles. The molecule has 2 aromatic rings. The minimum absolute atomic E-state index is 0.589. The molecule has 0 atom stereocenters. The summed E-state index contributed by atoms with van der Waals surface area (Å²) in [4.78, 5) is 8.58. The summed E-state index contributed by atoms with van der Waals surface area (Å²) < 4.78 is 0. The lowest BCUT2D eigenvalue weighted by Gasteiger charge is -2.03. The summed E-state index contributed by atoms with van der Waals surface area (Å²) in [7, 11) is 0. The summed E-state index contributed by atoms with van der Waals surface area (Å²) in [6, 6.07) is 3.86. The highest BCUT2D eigenvalue weighted by atomic mass is 35.5. The van der Waals surface area contributed by atoms with Gasteiger partial charge in [0.2, 0.25) is 0 Å².